The van der Waals surface area contributed by atoms with Gasteiger partial charge in [-0.1, -0.05) is 6.07 Å². The molecule has 0 saturated carbocycles. The SMILES string of the molecule is Cc1ccc(S(=O)(=O)C(C)C)c([N+](=O)[O-])c1. The summed E-state index contributed by atoms with van der Waals surface area (Å²) in [7, 11) is -3.61. The van der Waals surface area contributed by atoms with E-state index in [1.807, 2.05) is 0 Å². The van der Waals surface area contributed by atoms with E-state index in [9.17, 15) is 18.5 Å². The summed E-state index contributed by atoms with van der Waals surface area (Å²) in [6.45, 7) is 4.68. The number of nitro groups is 1. The number of hydrogen-bond donors (Lipinski definition) is 0. The van der Waals surface area contributed by atoms with Gasteiger partial charge < -0.3 is 0 Å². The number of nitrogens with zero attached hydrogens (tertiary/aromatic N) is 1. The van der Waals surface area contributed by atoms with Gasteiger partial charge in [0.2, 0.25) is 0 Å². The zero-order valence-corrected chi connectivity index (χ0v) is 10.1. The number of nitro benzene ring substituents is 1. The Bertz CT molecular complexity index is 520. The van der Waals surface area contributed by atoms with E-state index in [4.69, 9.17) is 0 Å². The van der Waals surface area contributed by atoms with Gasteiger partial charge in [-0.05, 0) is 32.4 Å². The van der Waals surface area contributed by atoms with Crippen LogP contribution in [0.15, 0.2) is 23.1 Å². The van der Waals surface area contributed by atoms with E-state index in [1.165, 1.54) is 26.0 Å². The minimum Gasteiger partial charge on any atom is -0.258 e. The molecule has 1 rings (SSSR count). The maximum atomic E-state index is 11.9. The molecule has 0 aromatic heterocycles. The Balaban J connectivity index is 3.52. The molecule has 1 aromatic carbocycles. The van der Waals surface area contributed by atoms with Crippen molar-refractivity contribution in [3.05, 3.63) is 33.9 Å². The molecule has 88 valence electrons. The maximum Gasteiger partial charge on any atom is 0.288 e. The van der Waals surface area contributed by atoms with Gasteiger partial charge in [-0.2, -0.15) is 0 Å². The summed E-state index contributed by atoms with van der Waals surface area (Å²) in [6.07, 6.45) is 0. The molecule has 5 nitrogen and oxygen atoms in total. The molecule has 16 heavy (non-hydrogen) atoms. The molecule has 1 aromatic rings. The quantitative estimate of drug-likeness (QED) is 0.601. The van der Waals surface area contributed by atoms with Crippen molar-refractivity contribution in [2.24, 2.45) is 0 Å². The third-order valence-corrected chi connectivity index (χ3v) is 4.44. The smallest absolute Gasteiger partial charge is 0.258 e. The number of aryl methyl sites for hydroxylation is 1. The first-order valence-corrected chi connectivity index (χ1v) is 6.30. The summed E-state index contributed by atoms with van der Waals surface area (Å²) in [5.74, 6) is 0. The van der Waals surface area contributed by atoms with Crippen LogP contribution in [0.2, 0.25) is 0 Å². The standard InChI is InChI=1S/C10H13NO4S/c1-7(2)16(14,15)10-5-4-8(3)6-9(10)11(12)13/h4-7H,1-3H3. The van der Waals surface area contributed by atoms with Gasteiger partial charge in [0.15, 0.2) is 9.84 Å². The molecule has 0 bridgehead atoms. The van der Waals surface area contributed by atoms with Crippen LogP contribution in [0, 0.1) is 17.0 Å². The number of hydrogen-bond acceptors (Lipinski definition) is 4. The van der Waals surface area contributed by atoms with Crippen LogP contribution in [0.4, 0.5) is 5.69 Å². The highest BCUT2D eigenvalue weighted by Crippen LogP contribution is 2.27. The highest BCUT2D eigenvalue weighted by molar-refractivity contribution is 7.92. The van der Waals surface area contributed by atoms with Crippen LogP contribution in [0.3, 0.4) is 0 Å². The normalized spacial score (nSPS) is 11.8. The van der Waals surface area contributed by atoms with Crippen LogP contribution in [0.5, 0.6) is 0 Å². The first kappa shape index (κ1) is 12.6. The molecule has 0 N–H and O–H groups in total. The molecular formula is C10H13NO4S. The summed E-state index contributed by atoms with van der Waals surface area (Å²) in [6, 6.07) is 4.13. The minimum absolute atomic E-state index is 0.210. The fraction of sp³-hybridized carbons (Fsp3) is 0.400. The molecule has 0 aliphatic carbocycles. The maximum absolute atomic E-state index is 11.9. The van der Waals surface area contributed by atoms with Gasteiger partial charge in [0.1, 0.15) is 4.90 Å². The third-order valence-electron chi connectivity index (χ3n) is 2.24. The summed E-state index contributed by atoms with van der Waals surface area (Å²) in [4.78, 5) is 9.91. The van der Waals surface area contributed by atoms with E-state index < -0.39 is 20.0 Å². The summed E-state index contributed by atoms with van der Waals surface area (Å²) in [5.41, 5.74) is 0.308. The highest BCUT2D eigenvalue weighted by Gasteiger charge is 2.28. The lowest BCUT2D eigenvalue weighted by Gasteiger charge is -2.08. The van der Waals surface area contributed by atoms with Crippen molar-refractivity contribution in [2.75, 3.05) is 0 Å². The van der Waals surface area contributed by atoms with E-state index in [0.29, 0.717) is 5.56 Å². The zero-order valence-electron chi connectivity index (χ0n) is 9.30. The van der Waals surface area contributed by atoms with Crippen molar-refractivity contribution in [3.63, 3.8) is 0 Å². The van der Waals surface area contributed by atoms with Crippen LogP contribution < -0.4 is 0 Å². The molecule has 0 spiro atoms. The van der Waals surface area contributed by atoms with Crippen LogP contribution in [-0.4, -0.2) is 18.6 Å². The van der Waals surface area contributed by atoms with Gasteiger partial charge in [0, 0.05) is 6.07 Å². The van der Waals surface area contributed by atoms with Crippen LogP contribution in [0.1, 0.15) is 19.4 Å². The Hall–Kier alpha value is -1.43. The second-order valence-corrected chi connectivity index (χ2v) is 6.29. The molecular weight excluding hydrogens is 230 g/mol. The van der Waals surface area contributed by atoms with Crippen molar-refractivity contribution in [3.8, 4) is 0 Å². The predicted molar refractivity (Wildman–Crippen MR) is 60.2 cm³/mol. The van der Waals surface area contributed by atoms with E-state index in [-0.39, 0.29) is 10.6 Å². The second kappa shape index (κ2) is 4.21. The second-order valence-electron chi connectivity index (χ2n) is 3.82. The zero-order chi connectivity index (χ0) is 12.5. The Morgan fingerprint density at radius 2 is 1.88 bits per heavy atom. The van der Waals surface area contributed by atoms with Crippen molar-refractivity contribution in [2.45, 2.75) is 30.9 Å². The van der Waals surface area contributed by atoms with E-state index in [1.54, 1.807) is 13.0 Å². The van der Waals surface area contributed by atoms with Gasteiger partial charge in [0.25, 0.3) is 5.69 Å². The first-order chi connectivity index (χ1) is 7.26. The molecule has 6 heteroatoms. The van der Waals surface area contributed by atoms with Crippen molar-refractivity contribution in [1.82, 2.24) is 0 Å². The van der Waals surface area contributed by atoms with Crippen LogP contribution >= 0.6 is 0 Å². The van der Waals surface area contributed by atoms with Gasteiger partial charge >= 0.3 is 0 Å². The van der Waals surface area contributed by atoms with Crippen molar-refractivity contribution >= 4 is 15.5 Å². The van der Waals surface area contributed by atoms with Crippen molar-refractivity contribution in [1.29, 1.82) is 0 Å². The molecule has 0 aliphatic heterocycles. The average Bonchev–Trinajstić information content (AvgIpc) is 2.16. The fourth-order valence-corrected chi connectivity index (χ4v) is 2.46. The van der Waals surface area contributed by atoms with E-state index in [2.05, 4.69) is 0 Å². The Kier molecular flexibility index (Phi) is 3.32. The lowest BCUT2D eigenvalue weighted by Crippen LogP contribution is -2.15. The summed E-state index contributed by atoms with van der Waals surface area (Å²) >= 11 is 0. The van der Waals surface area contributed by atoms with Gasteiger partial charge in [0.05, 0.1) is 10.2 Å². The van der Waals surface area contributed by atoms with Crippen LogP contribution in [-0.2, 0) is 9.84 Å². The van der Waals surface area contributed by atoms with Gasteiger partial charge in [-0.25, -0.2) is 8.42 Å². The summed E-state index contributed by atoms with van der Waals surface area (Å²) in [5, 5.41) is 10.1. The highest BCUT2D eigenvalue weighted by atomic mass is 32.2. The monoisotopic (exact) mass is 243 g/mol. The molecule has 0 unspecified atom stereocenters. The molecule has 0 fully saturated rings. The topological polar surface area (TPSA) is 77.3 Å². The van der Waals surface area contributed by atoms with Crippen LogP contribution in [0.25, 0.3) is 0 Å². The van der Waals surface area contributed by atoms with E-state index >= 15 is 0 Å². The molecule has 0 radical (unpaired) electrons. The molecule has 0 heterocycles. The van der Waals surface area contributed by atoms with Gasteiger partial charge in [-0.3, -0.25) is 10.1 Å². The van der Waals surface area contributed by atoms with E-state index in [0.717, 1.165) is 0 Å². The third kappa shape index (κ3) is 2.21. The molecule has 0 amide bonds. The molecule has 0 atom stereocenters. The largest absolute Gasteiger partial charge is 0.288 e. The lowest BCUT2D eigenvalue weighted by molar-refractivity contribution is -0.387. The Morgan fingerprint density at radius 3 is 2.31 bits per heavy atom. The first-order valence-electron chi connectivity index (χ1n) is 4.75. The minimum atomic E-state index is -3.61. The fourth-order valence-electron chi connectivity index (χ4n) is 1.26. The number of rotatable bonds is 3. The average molecular weight is 243 g/mol. The number of benzene rings is 1. The van der Waals surface area contributed by atoms with Crippen molar-refractivity contribution < 1.29 is 13.3 Å². The Labute approximate surface area is 94.2 Å². The predicted octanol–water partition coefficient (Wildman–Crippen LogP) is 2.09. The Morgan fingerprint density at radius 1 is 1.31 bits per heavy atom. The lowest BCUT2D eigenvalue weighted by atomic mass is 10.2. The number of sulfone groups is 1. The summed E-state index contributed by atoms with van der Waals surface area (Å²) < 4.78 is 23.7. The molecule has 0 aliphatic rings. The molecule has 0 saturated heterocycles. The van der Waals surface area contributed by atoms with Gasteiger partial charge in [-0.15, -0.1) is 0 Å².